The van der Waals surface area contributed by atoms with Gasteiger partial charge in [0, 0.05) is 0 Å². The molecule has 0 radical (unpaired) electrons. The Morgan fingerprint density at radius 1 is 1.00 bits per heavy atom. The summed E-state index contributed by atoms with van der Waals surface area (Å²) in [6.07, 6.45) is 12.1. The highest BCUT2D eigenvalue weighted by atomic mass is 13.9. The molecule has 0 bridgehead atoms. The number of allylic oxidation sites excluding steroid dienone is 7. The first kappa shape index (κ1) is 14.0. The van der Waals surface area contributed by atoms with Crippen LogP contribution in [0.2, 0.25) is 0 Å². The quantitative estimate of drug-likeness (QED) is 0.412. The van der Waals surface area contributed by atoms with E-state index in [2.05, 4.69) is 52.5 Å². The minimum absolute atomic E-state index is 1.03. The molecular formula is C15H24. The molecule has 0 heteroatoms. The van der Waals surface area contributed by atoms with E-state index in [4.69, 9.17) is 0 Å². The summed E-state index contributed by atoms with van der Waals surface area (Å²) in [5.41, 5.74) is 4.13. The van der Waals surface area contributed by atoms with Gasteiger partial charge in [0.05, 0.1) is 0 Å². The standard InChI is InChI=1S/C15H24/c1-6-14(4)10-8-12-15(5)11-7-9-13(2)3/h6,9-10,12H,1,7-8,11H2,2-5H3/b14-10?,15-12-. The molecule has 0 aliphatic heterocycles. The first-order valence-corrected chi connectivity index (χ1v) is 5.64. The van der Waals surface area contributed by atoms with Crippen molar-refractivity contribution < 1.29 is 0 Å². The van der Waals surface area contributed by atoms with Crippen LogP contribution >= 0.6 is 0 Å². The summed E-state index contributed by atoms with van der Waals surface area (Å²) in [7, 11) is 0. The molecule has 0 atom stereocenters. The van der Waals surface area contributed by atoms with E-state index in [0.717, 1.165) is 12.8 Å². The summed E-state index contributed by atoms with van der Waals surface area (Å²) in [6.45, 7) is 12.3. The lowest BCUT2D eigenvalue weighted by molar-refractivity contribution is 0.958. The Balaban J connectivity index is 3.89. The molecule has 0 N–H and O–H groups in total. The zero-order valence-electron chi connectivity index (χ0n) is 10.6. The summed E-state index contributed by atoms with van der Waals surface area (Å²) in [4.78, 5) is 0. The van der Waals surface area contributed by atoms with E-state index in [-0.39, 0.29) is 0 Å². The van der Waals surface area contributed by atoms with E-state index in [1.165, 1.54) is 23.1 Å². The molecule has 0 aliphatic rings. The Kier molecular flexibility index (Phi) is 7.71. The van der Waals surface area contributed by atoms with E-state index in [1.54, 1.807) is 0 Å². The van der Waals surface area contributed by atoms with Crippen LogP contribution in [0, 0.1) is 0 Å². The predicted octanol–water partition coefficient (Wildman–Crippen LogP) is 5.20. The fourth-order valence-electron chi connectivity index (χ4n) is 1.22. The molecule has 0 rings (SSSR count). The molecule has 0 aliphatic carbocycles. The largest absolute Gasteiger partial charge is 0.0988 e. The molecule has 0 aromatic heterocycles. The maximum Gasteiger partial charge on any atom is -0.0161 e. The lowest BCUT2D eigenvalue weighted by Gasteiger charge is -1.98. The number of hydrogen-bond acceptors (Lipinski definition) is 0. The van der Waals surface area contributed by atoms with E-state index in [1.807, 2.05) is 6.08 Å². The molecule has 0 aromatic rings. The molecule has 0 fully saturated rings. The SMILES string of the molecule is C=CC(C)=CC/C=C(/C)CCC=C(C)C. The van der Waals surface area contributed by atoms with E-state index in [9.17, 15) is 0 Å². The van der Waals surface area contributed by atoms with Crippen LogP contribution in [0.1, 0.15) is 47.0 Å². The molecule has 0 nitrogen and oxygen atoms in total. The summed E-state index contributed by atoms with van der Waals surface area (Å²) in [5, 5.41) is 0. The average Bonchev–Trinajstić information content (AvgIpc) is 2.17. The van der Waals surface area contributed by atoms with Gasteiger partial charge in [-0.1, -0.05) is 47.6 Å². The molecule has 0 saturated heterocycles. The van der Waals surface area contributed by atoms with Gasteiger partial charge >= 0.3 is 0 Å². The molecule has 0 saturated carbocycles. The van der Waals surface area contributed by atoms with Gasteiger partial charge in [0.2, 0.25) is 0 Å². The van der Waals surface area contributed by atoms with Crippen molar-refractivity contribution in [3.05, 3.63) is 47.6 Å². The highest BCUT2D eigenvalue weighted by Gasteiger charge is 1.88. The van der Waals surface area contributed by atoms with Crippen LogP contribution in [0.15, 0.2) is 47.6 Å². The highest BCUT2D eigenvalue weighted by Crippen LogP contribution is 2.08. The van der Waals surface area contributed by atoms with Crippen molar-refractivity contribution in [1.82, 2.24) is 0 Å². The second-order valence-electron chi connectivity index (χ2n) is 4.26. The summed E-state index contributed by atoms with van der Waals surface area (Å²) >= 11 is 0. The van der Waals surface area contributed by atoms with Gasteiger partial charge in [0.1, 0.15) is 0 Å². The zero-order chi connectivity index (χ0) is 11.7. The molecule has 84 valence electrons. The first-order valence-electron chi connectivity index (χ1n) is 5.64. The zero-order valence-corrected chi connectivity index (χ0v) is 10.6. The molecule has 15 heavy (non-hydrogen) atoms. The molecular weight excluding hydrogens is 180 g/mol. The second-order valence-corrected chi connectivity index (χ2v) is 4.26. The van der Waals surface area contributed by atoms with Gasteiger partial charge in [-0.05, 0) is 47.0 Å². The first-order chi connectivity index (χ1) is 7.06. The normalized spacial score (nSPS) is 12.5. The van der Waals surface area contributed by atoms with Crippen LogP contribution in [0.25, 0.3) is 0 Å². The van der Waals surface area contributed by atoms with Gasteiger partial charge < -0.3 is 0 Å². The van der Waals surface area contributed by atoms with Crippen molar-refractivity contribution >= 4 is 0 Å². The number of rotatable bonds is 6. The summed E-state index contributed by atoms with van der Waals surface area (Å²) < 4.78 is 0. The Morgan fingerprint density at radius 3 is 2.20 bits per heavy atom. The van der Waals surface area contributed by atoms with Gasteiger partial charge in [-0.25, -0.2) is 0 Å². The maximum atomic E-state index is 3.73. The number of hydrogen-bond donors (Lipinski definition) is 0. The fourth-order valence-corrected chi connectivity index (χ4v) is 1.22. The Hall–Kier alpha value is -1.04. The molecule has 0 unspecified atom stereocenters. The van der Waals surface area contributed by atoms with Crippen LogP contribution in [-0.4, -0.2) is 0 Å². The van der Waals surface area contributed by atoms with Crippen molar-refractivity contribution in [3.63, 3.8) is 0 Å². The highest BCUT2D eigenvalue weighted by molar-refractivity contribution is 5.15. The van der Waals surface area contributed by atoms with Crippen LogP contribution < -0.4 is 0 Å². The van der Waals surface area contributed by atoms with Crippen molar-refractivity contribution in [2.45, 2.75) is 47.0 Å². The monoisotopic (exact) mass is 204 g/mol. The minimum atomic E-state index is 1.03. The van der Waals surface area contributed by atoms with Crippen molar-refractivity contribution in [3.8, 4) is 0 Å². The van der Waals surface area contributed by atoms with Crippen LogP contribution in [-0.2, 0) is 0 Å². The average molecular weight is 204 g/mol. The molecule has 0 heterocycles. The van der Waals surface area contributed by atoms with Crippen LogP contribution in [0.3, 0.4) is 0 Å². The molecule has 0 spiro atoms. The van der Waals surface area contributed by atoms with E-state index >= 15 is 0 Å². The smallest absolute Gasteiger partial charge is 0.0161 e. The topological polar surface area (TPSA) is 0 Å². The minimum Gasteiger partial charge on any atom is -0.0988 e. The van der Waals surface area contributed by atoms with Gasteiger partial charge in [0.25, 0.3) is 0 Å². The van der Waals surface area contributed by atoms with Gasteiger partial charge in [0.15, 0.2) is 0 Å². The fraction of sp³-hybridized carbons (Fsp3) is 0.467. The third-order valence-electron chi connectivity index (χ3n) is 2.32. The third-order valence-corrected chi connectivity index (χ3v) is 2.32. The lowest BCUT2D eigenvalue weighted by Crippen LogP contribution is -1.77. The van der Waals surface area contributed by atoms with Gasteiger partial charge in [-0.15, -0.1) is 0 Å². The van der Waals surface area contributed by atoms with Crippen LogP contribution in [0.4, 0.5) is 0 Å². The van der Waals surface area contributed by atoms with Crippen molar-refractivity contribution in [1.29, 1.82) is 0 Å². The lowest BCUT2D eigenvalue weighted by atomic mass is 10.1. The van der Waals surface area contributed by atoms with Gasteiger partial charge in [-0.3, -0.25) is 0 Å². The summed E-state index contributed by atoms with van der Waals surface area (Å²) in [6, 6.07) is 0. The van der Waals surface area contributed by atoms with Crippen LogP contribution in [0.5, 0.6) is 0 Å². The Morgan fingerprint density at radius 2 is 1.67 bits per heavy atom. The Bertz CT molecular complexity index is 270. The Labute approximate surface area is 95.1 Å². The van der Waals surface area contributed by atoms with Crippen molar-refractivity contribution in [2.24, 2.45) is 0 Å². The predicted molar refractivity (Wildman–Crippen MR) is 71.0 cm³/mol. The third kappa shape index (κ3) is 9.27. The second kappa shape index (κ2) is 8.28. The molecule has 0 aromatic carbocycles. The summed E-state index contributed by atoms with van der Waals surface area (Å²) in [5.74, 6) is 0. The maximum absolute atomic E-state index is 3.73. The van der Waals surface area contributed by atoms with E-state index in [0.29, 0.717) is 0 Å². The van der Waals surface area contributed by atoms with Crippen molar-refractivity contribution in [2.75, 3.05) is 0 Å². The molecule has 0 amide bonds. The van der Waals surface area contributed by atoms with Gasteiger partial charge in [-0.2, -0.15) is 0 Å². The van der Waals surface area contributed by atoms with E-state index < -0.39 is 0 Å².